The van der Waals surface area contributed by atoms with E-state index in [9.17, 15) is 14.9 Å². The molecule has 2 rings (SSSR count). The van der Waals surface area contributed by atoms with Crippen LogP contribution in [0.15, 0.2) is 65.9 Å². The molecule has 0 saturated heterocycles. The van der Waals surface area contributed by atoms with E-state index < -0.39 is 10.8 Å². The van der Waals surface area contributed by atoms with E-state index in [0.29, 0.717) is 19.4 Å². The van der Waals surface area contributed by atoms with Crippen LogP contribution in [0, 0.1) is 27.4 Å². The van der Waals surface area contributed by atoms with Crippen molar-refractivity contribution in [2.75, 3.05) is 6.54 Å². The fourth-order valence-corrected chi connectivity index (χ4v) is 2.36. The molecule has 0 aliphatic heterocycles. The third kappa shape index (κ3) is 4.92. The highest BCUT2D eigenvalue weighted by Gasteiger charge is 2.17. The fraction of sp³-hybridized carbons (Fsp3) is 0.222. The van der Waals surface area contributed by atoms with E-state index in [1.807, 2.05) is 36.4 Å². The molecule has 0 aromatic heterocycles. The molecule has 1 atom stereocenters. The highest BCUT2D eigenvalue weighted by molar-refractivity contribution is 5.97. The molecule has 1 aromatic carbocycles. The minimum Gasteiger partial charge on any atom is -0.351 e. The monoisotopic (exact) mass is 323 g/mol. The van der Waals surface area contributed by atoms with Crippen molar-refractivity contribution in [1.29, 1.82) is 5.26 Å². The number of hydrogen-bond acceptors (Lipinski definition) is 4. The Bertz CT molecular complexity index is 743. The summed E-state index contributed by atoms with van der Waals surface area (Å²) in [5.41, 5.74) is 1.04. The highest BCUT2D eigenvalue weighted by Crippen LogP contribution is 2.19. The maximum Gasteiger partial charge on any atom is 0.265 e. The smallest absolute Gasteiger partial charge is 0.265 e. The SMILES string of the molecule is N#C/C(=C\C1C=C([N+](=O)[O-])C=CC1)C(=O)NCCc1ccccc1. The lowest BCUT2D eigenvalue weighted by Gasteiger charge is -2.10. The van der Waals surface area contributed by atoms with E-state index in [1.54, 1.807) is 6.08 Å². The highest BCUT2D eigenvalue weighted by atomic mass is 16.6. The minimum absolute atomic E-state index is 0.0238. The van der Waals surface area contributed by atoms with E-state index in [-0.39, 0.29) is 17.2 Å². The van der Waals surface area contributed by atoms with Gasteiger partial charge in [0.2, 0.25) is 0 Å². The molecule has 0 saturated carbocycles. The Labute approximate surface area is 139 Å². The lowest BCUT2D eigenvalue weighted by atomic mass is 9.96. The molecule has 6 heteroatoms. The van der Waals surface area contributed by atoms with Crippen molar-refractivity contribution in [1.82, 2.24) is 5.32 Å². The van der Waals surface area contributed by atoms with Crippen molar-refractivity contribution in [3.63, 3.8) is 0 Å². The number of nitro groups is 1. The average Bonchev–Trinajstić information content (AvgIpc) is 2.60. The topological polar surface area (TPSA) is 96.0 Å². The van der Waals surface area contributed by atoms with Crippen molar-refractivity contribution in [3.05, 3.63) is 81.6 Å². The fourth-order valence-electron chi connectivity index (χ4n) is 2.36. The molecule has 1 aliphatic carbocycles. The second-order valence-corrected chi connectivity index (χ2v) is 5.33. The molecule has 0 bridgehead atoms. The molecular formula is C18H17N3O3. The van der Waals surface area contributed by atoms with E-state index in [0.717, 1.165) is 5.56 Å². The summed E-state index contributed by atoms with van der Waals surface area (Å²) in [5.74, 6) is -0.788. The summed E-state index contributed by atoms with van der Waals surface area (Å²) in [6.07, 6.45) is 7.22. The lowest BCUT2D eigenvalue weighted by molar-refractivity contribution is -0.419. The van der Waals surface area contributed by atoms with Gasteiger partial charge in [0.15, 0.2) is 0 Å². The van der Waals surface area contributed by atoms with Gasteiger partial charge in [0.05, 0.1) is 4.92 Å². The molecule has 1 unspecified atom stereocenters. The summed E-state index contributed by atoms with van der Waals surface area (Å²) in [7, 11) is 0. The van der Waals surface area contributed by atoms with Crippen LogP contribution in [0.2, 0.25) is 0 Å². The molecule has 24 heavy (non-hydrogen) atoms. The van der Waals surface area contributed by atoms with Crippen LogP contribution in [0.25, 0.3) is 0 Å². The summed E-state index contributed by atoms with van der Waals surface area (Å²) < 4.78 is 0. The molecule has 122 valence electrons. The number of carbonyl (C=O) groups is 1. The van der Waals surface area contributed by atoms with Crippen LogP contribution in [0.1, 0.15) is 12.0 Å². The van der Waals surface area contributed by atoms with Crippen LogP contribution in [0.3, 0.4) is 0 Å². The van der Waals surface area contributed by atoms with Gasteiger partial charge in [0, 0.05) is 24.6 Å². The summed E-state index contributed by atoms with van der Waals surface area (Å²) >= 11 is 0. The summed E-state index contributed by atoms with van der Waals surface area (Å²) in [5, 5.41) is 22.7. The van der Waals surface area contributed by atoms with Gasteiger partial charge in [-0.05, 0) is 18.4 Å². The Morgan fingerprint density at radius 3 is 2.83 bits per heavy atom. The first-order valence-electron chi connectivity index (χ1n) is 7.57. The van der Waals surface area contributed by atoms with Crippen LogP contribution in [0.4, 0.5) is 0 Å². The first kappa shape index (κ1) is 17.2. The van der Waals surface area contributed by atoms with Gasteiger partial charge in [0.1, 0.15) is 11.6 Å². The van der Waals surface area contributed by atoms with Crippen LogP contribution in [-0.4, -0.2) is 17.4 Å². The van der Waals surface area contributed by atoms with Gasteiger partial charge in [-0.25, -0.2) is 0 Å². The molecule has 0 radical (unpaired) electrons. The summed E-state index contributed by atoms with van der Waals surface area (Å²) in [4.78, 5) is 22.4. The van der Waals surface area contributed by atoms with Crippen LogP contribution >= 0.6 is 0 Å². The Kier molecular flexibility index (Phi) is 6.03. The third-order valence-electron chi connectivity index (χ3n) is 3.58. The molecule has 0 fully saturated rings. The van der Waals surface area contributed by atoms with Crippen molar-refractivity contribution in [2.45, 2.75) is 12.8 Å². The minimum atomic E-state index is -0.484. The maximum absolute atomic E-state index is 12.1. The predicted octanol–water partition coefficient (Wildman–Crippen LogP) is 2.53. The number of allylic oxidation sites excluding steroid dienone is 4. The first-order valence-corrected chi connectivity index (χ1v) is 7.57. The van der Waals surface area contributed by atoms with Crippen LogP contribution < -0.4 is 5.32 Å². The van der Waals surface area contributed by atoms with Gasteiger partial charge in [-0.15, -0.1) is 0 Å². The third-order valence-corrected chi connectivity index (χ3v) is 3.58. The van der Waals surface area contributed by atoms with Gasteiger partial charge in [-0.2, -0.15) is 5.26 Å². The quantitative estimate of drug-likeness (QED) is 0.376. The van der Waals surface area contributed by atoms with Gasteiger partial charge in [-0.3, -0.25) is 14.9 Å². The number of benzene rings is 1. The zero-order valence-electron chi connectivity index (χ0n) is 13.0. The largest absolute Gasteiger partial charge is 0.351 e. The van der Waals surface area contributed by atoms with Gasteiger partial charge in [-0.1, -0.05) is 42.5 Å². The van der Waals surface area contributed by atoms with E-state index in [2.05, 4.69) is 5.32 Å². The van der Waals surface area contributed by atoms with Gasteiger partial charge < -0.3 is 5.32 Å². The zero-order chi connectivity index (χ0) is 17.4. The van der Waals surface area contributed by atoms with Crippen molar-refractivity contribution in [3.8, 4) is 6.07 Å². The molecule has 0 spiro atoms. The Morgan fingerprint density at radius 2 is 2.17 bits per heavy atom. The number of hydrogen-bond donors (Lipinski definition) is 1. The molecule has 6 nitrogen and oxygen atoms in total. The number of amides is 1. The number of nitriles is 1. The van der Waals surface area contributed by atoms with Gasteiger partial charge >= 0.3 is 0 Å². The Balaban J connectivity index is 1.95. The Hall–Kier alpha value is -3.20. The lowest BCUT2D eigenvalue weighted by Crippen LogP contribution is -2.27. The van der Waals surface area contributed by atoms with Gasteiger partial charge in [0.25, 0.3) is 11.6 Å². The first-order chi connectivity index (χ1) is 11.6. The molecule has 1 aliphatic rings. The standard InChI is InChI=1S/C18H17N3O3/c19-13-16(11-15-7-4-8-17(12-15)21(23)24)18(22)20-10-9-14-5-2-1-3-6-14/h1-6,8,11-12,15H,7,9-10H2,(H,20,22)/b16-11+. The van der Waals surface area contributed by atoms with Crippen molar-refractivity contribution in [2.24, 2.45) is 5.92 Å². The van der Waals surface area contributed by atoms with E-state index in [4.69, 9.17) is 5.26 Å². The Morgan fingerprint density at radius 1 is 1.42 bits per heavy atom. The molecule has 1 amide bonds. The number of rotatable bonds is 6. The number of nitrogens with zero attached hydrogens (tertiary/aromatic N) is 2. The number of nitrogens with one attached hydrogen (secondary N) is 1. The molecule has 1 N–H and O–H groups in total. The normalized spacial score (nSPS) is 16.9. The van der Waals surface area contributed by atoms with Crippen LogP contribution in [-0.2, 0) is 11.2 Å². The summed E-state index contributed by atoms with van der Waals surface area (Å²) in [6.45, 7) is 0.419. The zero-order valence-corrected chi connectivity index (χ0v) is 13.0. The second-order valence-electron chi connectivity index (χ2n) is 5.33. The maximum atomic E-state index is 12.1. The average molecular weight is 323 g/mol. The van der Waals surface area contributed by atoms with E-state index in [1.165, 1.54) is 18.2 Å². The molecule has 0 heterocycles. The number of carbonyl (C=O) groups excluding carboxylic acids is 1. The predicted molar refractivity (Wildman–Crippen MR) is 89.2 cm³/mol. The second kappa shape index (κ2) is 8.44. The van der Waals surface area contributed by atoms with Crippen LogP contribution in [0.5, 0.6) is 0 Å². The van der Waals surface area contributed by atoms with Crippen molar-refractivity contribution < 1.29 is 9.72 Å². The molecule has 1 aromatic rings. The van der Waals surface area contributed by atoms with E-state index >= 15 is 0 Å². The molecular weight excluding hydrogens is 306 g/mol. The summed E-state index contributed by atoms with van der Waals surface area (Å²) in [6, 6.07) is 11.6. The van der Waals surface area contributed by atoms with Crippen molar-refractivity contribution >= 4 is 5.91 Å².